The van der Waals surface area contributed by atoms with E-state index in [2.05, 4.69) is 26.5 Å². The molecule has 2 aromatic carbocycles. The smallest absolute Gasteiger partial charge is 0.277 e. The lowest BCUT2D eigenvalue weighted by Gasteiger charge is -2.08. The van der Waals surface area contributed by atoms with Gasteiger partial charge in [-0.15, -0.1) is 0 Å². The normalized spacial score (nSPS) is 12.3. The third kappa shape index (κ3) is 4.47. The Balaban J connectivity index is 2.17. The standard InChI is InChI=1S/C14H9BrClF3N2/c15-11-4-6-12(7-5-11)20-21-13(16)9-2-1-3-10(8-9)14(17,18)19/h1-8,20H. The number of nitrogens with one attached hydrogen (secondary N) is 1. The molecule has 0 aliphatic carbocycles. The first kappa shape index (κ1) is 15.9. The fraction of sp³-hybridized carbons (Fsp3) is 0.0714. The Morgan fingerprint density at radius 3 is 2.38 bits per heavy atom. The zero-order valence-electron chi connectivity index (χ0n) is 10.5. The topological polar surface area (TPSA) is 24.4 Å². The largest absolute Gasteiger partial charge is 0.416 e. The van der Waals surface area contributed by atoms with Crippen LogP contribution in [0.3, 0.4) is 0 Å². The van der Waals surface area contributed by atoms with E-state index in [0.29, 0.717) is 5.69 Å². The molecule has 0 aliphatic rings. The Bertz CT molecular complexity index is 654. The van der Waals surface area contributed by atoms with Gasteiger partial charge in [0.15, 0.2) is 5.17 Å². The van der Waals surface area contributed by atoms with Crippen molar-refractivity contribution in [2.75, 3.05) is 5.43 Å². The van der Waals surface area contributed by atoms with Crippen LogP contribution in [0, 0.1) is 0 Å². The minimum Gasteiger partial charge on any atom is -0.277 e. The maximum Gasteiger partial charge on any atom is 0.416 e. The summed E-state index contributed by atoms with van der Waals surface area (Å²) in [5, 5.41) is 3.82. The van der Waals surface area contributed by atoms with Crippen molar-refractivity contribution in [1.29, 1.82) is 0 Å². The second kappa shape index (κ2) is 6.49. The highest BCUT2D eigenvalue weighted by atomic mass is 79.9. The molecule has 2 nitrogen and oxygen atoms in total. The van der Waals surface area contributed by atoms with Gasteiger partial charge in [-0.2, -0.15) is 18.3 Å². The van der Waals surface area contributed by atoms with E-state index in [4.69, 9.17) is 11.6 Å². The summed E-state index contributed by atoms with van der Waals surface area (Å²) >= 11 is 9.21. The van der Waals surface area contributed by atoms with Gasteiger partial charge in [0, 0.05) is 10.0 Å². The van der Waals surface area contributed by atoms with Crippen molar-refractivity contribution in [2.45, 2.75) is 6.18 Å². The summed E-state index contributed by atoms with van der Waals surface area (Å²) < 4.78 is 38.8. The lowest BCUT2D eigenvalue weighted by molar-refractivity contribution is -0.137. The fourth-order valence-corrected chi connectivity index (χ4v) is 1.95. The van der Waals surface area contributed by atoms with Crippen molar-refractivity contribution in [1.82, 2.24) is 0 Å². The third-order valence-electron chi connectivity index (χ3n) is 2.56. The van der Waals surface area contributed by atoms with E-state index in [1.54, 1.807) is 24.3 Å². The molecule has 0 bridgehead atoms. The van der Waals surface area contributed by atoms with E-state index in [-0.39, 0.29) is 10.7 Å². The summed E-state index contributed by atoms with van der Waals surface area (Å²) in [6.07, 6.45) is -4.41. The molecular formula is C14H9BrClF3N2. The maximum atomic E-state index is 12.6. The molecule has 2 rings (SSSR count). The second-order valence-electron chi connectivity index (χ2n) is 4.10. The Labute approximate surface area is 132 Å². The highest BCUT2D eigenvalue weighted by Crippen LogP contribution is 2.29. The molecule has 21 heavy (non-hydrogen) atoms. The van der Waals surface area contributed by atoms with Crippen LogP contribution in [0.5, 0.6) is 0 Å². The zero-order chi connectivity index (χ0) is 15.5. The van der Waals surface area contributed by atoms with Gasteiger partial charge in [0.05, 0.1) is 11.3 Å². The van der Waals surface area contributed by atoms with Crippen LogP contribution >= 0.6 is 27.5 Å². The van der Waals surface area contributed by atoms with Crippen LogP contribution in [0.15, 0.2) is 58.1 Å². The molecule has 0 spiro atoms. The first-order valence-electron chi connectivity index (χ1n) is 5.78. The number of alkyl halides is 3. The van der Waals surface area contributed by atoms with Gasteiger partial charge in [0.25, 0.3) is 0 Å². The predicted molar refractivity (Wildman–Crippen MR) is 81.6 cm³/mol. The van der Waals surface area contributed by atoms with Gasteiger partial charge in [-0.1, -0.05) is 39.7 Å². The van der Waals surface area contributed by atoms with Gasteiger partial charge in [-0.05, 0) is 36.4 Å². The number of halogens is 5. The highest BCUT2D eigenvalue weighted by Gasteiger charge is 2.30. The lowest BCUT2D eigenvalue weighted by atomic mass is 10.1. The van der Waals surface area contributed by atoms with Crippen molar-refractivity contribution >= 4 is 38.4 Å². The van der Waals surface area contributed by atoms with Crippen LogP contribution < -0.4 is 5.43 Å². The summed E-state index contributed by atoms with van der Waals surface area (Å²) in [5.41, 5.74) is 2.78. The van der Waals surface area contributed by atoms with Crippen LogP contribution in [0.1, 0.15) is 11.1 Å². The number of benzene rings is 2. The van der Waals surface area contributed by atoms with Crippen LogP contribution in [0.4, 0.5) is 18.9 Å². The van der Waals surface area contributed by atoms with E-state index in [1.807, 2.05) is 0 Å². The molecule has 0 amide bonds. The van der Waals surface area contributed by atoms with Gasteiger partial charge < -0.3 is 0 Å². The fourth-order valence-electron chi connectivity index (χ4n) is 1.53. The number of nitrogens with zero attached hydrogens (tertiary/aromatic N) is 1. The van der Waals surface area contributed by atoms with Gasteiger partial charge in [0.2, 0.25) is 0 Å². The van der Waals surface area contributed by atoms with E-state index in [9.17, 15) is 13.2 Å². The molecule has 7 heteroatoms. The summed E-state index contributed by atoms with van der Waals surface area (Å²) in [4.78, 5) is 0. The average Bonchev–Trinajstić information content (AvgIpc) is 2.45. The van der Waals surface area contributed by atoms with Crippen LogP contribution in [-0.2, 0) is 6.18 Å². The summed E-state index contributed by atoms with van der Waals surface area (Å²) in [7, 11) is 0. The lowest BCUT2D eigenvalue weighted by Crippen LogP contribution is -2.06. The highest BCUT2D eigenvalue weighted by molar-refractivity contribution is 9.10. The monoisotopic (exact) mass is 376 g/mol. The molecule has 0 saturated heterocycles. The van der Waals surface area contributed by atoms with Crippen molar-refractivity contribution in [2.24, 2.45) is 5.10 Å². The molecule has 0 heterocycles. The Morgan fingerprint density at radius 2 is 1.76 bits per heavy atom. The molecular weight excluding hydrogens is 369 g/mol. The number of rotatable bonds is 3. The van der Waals surface area contributed by atoms with Crippen molar-refractivity contribution in [3.05, 3.63) is 64.1 Å². The zero-order valence-corrected chi connectivity index (χ0v) is 12.8. The first-order valence-corrected chi connectivity index (χ1v) is 6.96. The Hall–Kier alpha value is -1.53. The van der Waals surface area contributed by atoms with Crippen molar-refractivity contribution < 1.29 is 13.2 Å². The van der Waals surface area contributed by atoms with Crippen LogP contribution in [-0.4, -0.2) is 5.17 Å². The molecule has 0 aliphatic heterocycles. The SMILES string of the molecule is FC(F)(F)c1cccc(C(Cl)=NNc2ccc(Br)cc2)c1. The maximum absolute atomic E-state index is 12.6. The van der Waals surface area contributed by atoms with Crippen LogP contribution in [0.25, 0.3) is 0 Å². The van der Waals surface area contributed by atoms with E-state index >= 15 is 0 Å². The molecule has 2 aromatic rings. The number of anilines is 1. The Kier molecular flexibility index (Phi) is 4.90. The summed E-state index contributed by atoms with van der Waals surface area (Å²) in [6, 6.07) is 11.8. The minimum atomic E-state index is -4.41. The Morgan fingerprint density at radius 1 is 1.10 bits per heavy atom. The molecule has 0 atom stereocenters. The molecule has 0 radical (unpaired) electrons. The molecule has 0 saturated carbocycles. The summed E-state index contributed by atoms with van der Waals surface area (Å²) in [5.74, 6) is 0. The molecule has 110 valence electrons. The van der Waals surface area contributed by atoms with Crippen molar-refractivity contribution in [3.8, 4) is 0 Å². The second-order valence-corrected chi connectivity index (χ2v) is 5.37. The van der Waals surface area contributed by atoms with Crippen LogP contribution in [0.2, 0.25) is 0 Å². The van der Waals surface area contributed by atoms with Gasteiger partial charge >= 0.3 is 6.18 Å². The van der Waals surface area contributed by atoms with E-state index in [0.717, 1.165) is 16.6 Å². The quantitative estimate of drug-likeness (QED) is 0.556. The minimum absolute atomic E-state index is 0.0518. The molecule has 1 N–H and O–H groups in total. The van der Waals surface area contributed by atoms with E-state index < -0.39 is 11.7 Å². The molecule has 0 aromatic heterocycles. The molecule has 0 unspecified atom stereocenters. The van der Waals surface area contributed by atoms with Gasteiger partial charge in [-0.25, -0.2) is 0 Å². The average molecular weight is 378 g/mol. The number of hydrogen-bond acceptors (Lipinski definition) is 2. The van der Waals surface area contributed by atoms with Gasteiger partial charge in [0.1, 0.15) is 0 Å². The summed E-state index contributed by atoms with van der Waals surface area (Å²) in [6.45, 7) is 0. The number of hydrazone groups is 1. The van der Waals surface area contributed by atoms with Crippen molar-refractivity contribution in [3.63, 3.8) is 0 Å². The third-order valence-corrected chi connectivity index (χ3v) is 3.39. The van der Waals surface area contributed by atoms with Gasteiger partial charge in [-0.3, -0.25) is 5.43 Å². The van der Waals surface area contributed by atoms with E-state index in [1.165, 1.54) is 12.1 Å². The first-order chi connectivity index (χ1) is 9.86. The predicted octanol–water partition coefficient (Wildman–Crippen LogP) is 5.48. The molecule has 0 fully saturated rings. The number of hydrogen-bond donors (Lipinski definition) is 1.